The summed E-state index contributed by atoms with van der Waals surface area (Å²) in [5.74, 6) is -1.62. The highest BCUT2D eigenvalue weighted by Crippen LogP contribution is 2.45. The third kappa shape index (κ3) is 69.1. The van der Waals surface area contributed by atoms with Crippen LogP contribution in [0, 0.1) is 0 Å². The van der Waals surface area contributed by atoms with Crippen LogP contribution in [0.25, 0.3) is 0 Å². The summed E-state index contributed by atoms with van der Waals surface area (Å²) in [6, 6.07) is 0. The van der Waals surface area contributed by atoms with Crippen molar-refractivity contribution in [1.82, 2.24) is 0 Å². The first-order chi connectivity index (χ1) is 45.2. The van der Waals surface area contributed by atoms with E-state index < -0.39 is 91.5 Å². The Kier molecular flexibility index (Phi) is 65.0. The number of esters is 3. The number of rotatable bonds is 67. The lowest BCUT2D eigenvalue weighted by Crippen LogP contribution is -2.30. The molecule has 0 heterocycles. The maximum atomic E-state index is 12.9. The molecule has 16 nitrogen and oxygen atoms in total. The summed E-state index contributed by atoms with van der Waals surface area (Å²) in [6.45, 7) is 2.46. The first kappa shape index (κ1) is 89.0. The Labute approximate surface area is 563 Å². The van der Waals surface area contributed by atoms with Gasteiger partial charge in [-0.1, -0.05) is 245 Å². The fraction of sp³-hybridized carbons (Fsp3) is 0.693. The molecule has 5 atom stereocenters. The molecule has 0 aromatic carbocycles. The van der Waals surface area contributed by atoms with Crippen molar-refractivity contribution in [1.29, 1.82) is 0 Å². The van der Waals surface area contributed by atoms with Crippen LogP contribution in [-0.2, 0) is 55.8 Å². The zero-order valence-electron chi connectivity index (χ0n) is 57.9. The molecule has 0 radical (unpaired) electrons. The van der Waals surface area contributed by atoms with Gasteiger partial charge in [-0.25, -0.2) is 9.13 Å². The van der Waals surface area contributed by atoms with Crippen molar-refractivity contribution in [2.75, 3.05) is 39.6 Å². The lowest BCUT2D eigenvalue weighted by atomic mass is 10.1. The van der Waals surface area contributed by atoms with Crippen molar-refractivity contribution >= 4 is 33.6 Å². The zero-order chi connectivity index (χ0) is 68.1. The Hall–Kier alpha value is -4.05. The SMILES string of the molecule is CC/C=C\C/C=C\C/C=C\C/C=C\C/C=C\C/C=C\CCCCCCCCCCC(=O)OCC(O)COP(=O)(O)OCC(O)COP(=O)(O)OCC(COC(=O)CCCCCCC/C=C\C/C=C\CCCCC)OC(=O)CCCCCCC/C=C\C/C=C\CCCCC. The average Bonchev–Trinajstić information content (AvgIpc) is 3.71. The predicted molar refractivity (Wildman–Crippen MR) is 380 cm³/mol. The fourth-order valence-electron chi connectivity index (χ4n) is 9.16. The molecule has 0 aliphatic heterocycles. The standard InChI is InChI=1S/C75H128O16P2/c1-4-7-10-13-16-19-22-25-28-29-30-31-32-33-34-35-36-37-38-39-42-44-46-49-52-55-58-61-73(78)85-64-70(76)65-87-92(81,82)88-66-71(77)67-89-93(83,84)90-69-72(91-75(80)63-60-57-54-51-48-45-41-27-24-21-18-15-12-9-6-3)68-86-74(79)62-59-56-53-50-47-43-40-26-23-20-17-14-11-8-5-2/h7,10,16-21,25-28,30-31,33-34,36-37,40-41,70-72,76-77H,4-6,8-9,11-15,22-24,29,32,35,38-39,42-69H2,1-3H3,(H,81,82)(H,83,84)/b10-7-,19-16-,20-17-,21-18-,28-25-,31-30-,34-33-,37-36-,40-26-,41-27-. The second-order valence-corrected chi connectivity index (χ2v) is 26.6. The normalized spacial score (nSPS) is 14.9. The fourth-order valence-corrected chi connectivity index (χ4v) is 10.7. The van der Waals surface area contributed by atoms with E-state index in [4.69, 9.17) is 32.3 Å². The maximum Gasteiger partial charge on any atom is 0.472 e. The van der Waals surface area contributed by atoms with E-state index in [0.29, 0.717) is 19.3 Å². The molecule has 534 valence electrons. The van der Waals surface area contributed by atoms with E-state index in [1.165, 1.54) is 57.8 Å². The molecule has 0 rings (SSSR count). The van der Waals surface area contributed by atoms with Crippen molar-refractivity contribution in [2.45, 2.75) is 296 Å². The summed E-state index contributed by atoms with van der Waals surface area (Å²) in [6.07, 6.45) is 78.2. The summed E-state index contributed by atoms with van der Waals surface area (Å²) in [7, 11) is -9.79. The van der Waals surface area contributed by atoms with Gasteiger partial charge >= 0.3 is 33.6 Å². The number of allylic oxidation sites excluding steroid dienone is 20. The number of unbranched alkanes of at least 4 members (excludes halogenated alkanes) is 24. The molecule has 5 unspecified atom stereocenters. The Morgan fingerprint density at radius 3 is 0.903 bits per heavy atom. The number of phosphoric ester groups is 2. The highest BCUT2D eigenvalue weighted by atomic mass is 31.2. The van der Waals surface area contributed by atoms with Crippen LogP contribution in [-0.4, -0.2) is 95.9 Å². The first-order valence-electron chi connectivity index (χ1n) is 35.8. The van der Waals surface area contributed by atoms with E-state index in [2.05, 4.69) is 142 Å². The van der Waals surface area contributed by atoms with Gasteiger partial charge in [0.05, 0.1) is 26.4 Å². The van der Waals surface area contributed by atoms with Gasteiger partial charge in [-0.2, -0.15) is 0 Å². The second-order valence-electron chi connectivity index (χ2n) is 23.6. The Morgan fingerprint density at radius 2 is 0.570 bits per heavy atom. The smallest absolute Gasteiger partial charge is 0.463 e. The number of phosphoric acid groups is 2. The highest BCUT2D eigenvalue weighted by Gasteiger charge is 2.29. The average molecular weight is 1350 g/mol. The molecule has 0 aliphatic carbocycles. The molecule has 0 saturated carbocycles. The number of aliphatic hydroxyl groups excluding tert-OH is 2. The third-order valence-electron chi connectivity index (χ3n) is 14.6. The van der Waals surface area contributed by atoms with Gasteiger partial charge < -0.3 is 34.2 Å². The summed E-state index contributed by atoms with van der Waals surface area (Å²) in [5.41, 5.74) is 0. The monoisotopic (exact) mass is 1350 g/mol. The molecule has 0 aromatic rings. The van der Waals surface area contributed by atoms with E-state index in [9.17, 15) is 43.5 Å². The third-order valence-corrected chi connectivity index (χ3v) is 16.5. The minimum Gasteiger partial charge on any atom is -0.463 e. The molecular formula is C75H128O16P2. The molecule has 0 spiro atoms. The van der Waals surface area contributed by atoms with Crippen LogP contribution >= 0.6 is 15.6 Å². The van der Waals surface area contributed by atoms with Crippen molar-refractivity contribution in [3.8, 4) is 0 Å². The van der Waals surface area contributed by atoms with Crippen LogP contribution in [0.1, 0.15) is 278 Å². The molecule has 0 aromatic heterocycles. The largest absolute Gasteiger partial charge is 0.472 e. The van der Waals surface area contributed by atoms with Crippen LogP contribution in [0.5, 0.6) is 0 Å². The zero-order valence-corrected chi connectivity index (χ0v) is 59.7. The van der Waals surface area contributed by atoms with Gasteiger partial charge in [0.25, 0.3) is 0 Å². The van der Waals surface area contributed by atoms with Crippen molar-refractivity contribution in [2.24, 2.45) is 0 Å². The number of hydrogen-bond donors (Lipinski definition) is 4. The molecule has 18 heteroatoms. The van der Waals surface area contributed by atoms with Gasteiger partial charge in [0.15, 0.2) is 6.10 Å². The number of carbonyl (C=O) groups is 3. The molecule has 0 aliphatic rings. The first-order valence-corrected chi connectivity index (χ1v) is 38.8. The summed E-state index contributed by atoms with van der Waals surface area (Å²) in [5, 5.41) is 20.6. The highest BCUT2D eigenvalue weighted by molar-refractivity contribution is 7.47. The Morgan fingerprint density at radius 1 is 0.312 bits per heavy atom. The molecular weight excluding hydrogens is 1220 g/mol. The summed E-state index contributed by atoms with van der Waals surface area (Å²) in [4.78, 5) is 58.4. The van der Waals surface area contributed by atoms with Gasteiger partial charge in [0.2, 0.25) is 0 Å². The number of hydrogen-bond acceptors (Lipinski definition) is 14. The second kappa shape index (κ2) is 67.9. The van der Waals surface area contributed by atoms with Gasteiger partial charge in [0.1, 0.15) is 25.4 Å². The summed E-state index contributed by atoms with van der Waals surface area (Å²) < 4.78 is 60.9. The van der Waals surface area contributed by atoms with Crippen LogP contribution in [0.3, 0.4) is 0 Å². The Bertz CT molecular complexity index is 2180. The van der Waals surface area contributed by atoms with E-state index in [1.54, 1.807) is 0 Å². The number of aliphatic hydroxyl groups is 2. The molecule has 4 N–H and O–H groups in total. The molecule has 0 saturated heterocycles. The Balaban J connectivity index is 4.56. The van der Waals surface area contributed by atoms with Crippen molar-refractivity contribution < 1.29 is 75.8 Å². The van der Waals surface area contributed by atoms with Crippen molar-refractivity contribution in [3.63, 3.8) is 0 Å². The van der Waals surface area contributed by atoms with E-state index in [1.807, 2.05) is 0 Å². The molecule has 0 fully saturated rings. The van der Waals surface area contributed by atoms with E-state index >= 15 is 0 Å². The molecule has 93 heavy (non-hydrogen) atoms. The minimum absolute atomic E-state index is 0.0839. The quantitative estimate of drug-likeness (QED) is 0.0146. The van der Waals surface area contributed by atoms with Crippen LogP contribution in [0.15, 0.2) is 122 Å². The molecule has 0 bridgehead atoms. The number of ether oxygens (including phenoxy) is 3. The minimum atomic E-state index is -4.93. The predicted octanol–water partition coefficient (Wildman–Crippen LogP) is 20.2. The van der Waals surface area contributed by atoms with Gasteiger partial charge in [-0.15, -0.1) is 0 Å². The lowest BCUT2D eigenvalue weighted by molar-refractivity contribution is -0.161. The van der Waals surface area contributed by atoms with E-state index in [0.717, 1.165) is 161 Å². The van der Waals surface area contributed by atoms with Gasteiger partial charge in [0, 0.05) is 19.3 Å². The van der Waals surface area contributed by atoms with Gasteiger partial charge in [-0.3, -0.25) is 32.5 Å². The van der Waals surface area contributed by atoms with Crippen LogP contribution in [0.4, 0.5) is 0 Å². The number of carbonyl (C=O) groups excluding carboxylic acids is 3. The van der Waals surface area contributed by atoms with Gasteiger partial charge in [-0.05, 0) is 135 Å². The van der Waals surface area contributed by atoms with Crippen LogP contribution < -0.4 is 0 Å². The van der Waals surface area contributed by atoms with Crippen LogP contribution in [0.2, 0.25) is 0 Å². The summed E-state index contributed by atoms with van der Waals surface area (Å²) >= 11 is 0. The van der Waals surface area contributed by atoms with Crippen molar-refractivity contribution in [3.05, 3.63) is 122 Å². The molecule has 0 amide bonds. The maximum absolute atomic E-state index is 12.9. The van der Waals surface area contributed by atoms with E-state index in [-0.39, 0.29) is 19.3 Å². The topological polar surface area (TPSA) is 231 Å². The lowest BCUT2D eigenvalue weighted by Gasteiger charge is -2.21.